The molecule has 15 heteroatoms. The number of anilines is 3. The van der Waals surface area contributed by atoms with Gasteiger partial charge < -0.3 is 15.8 Å². The molecule has 1 aromatic carbocycles. The summed E-state index contributed by atoms with van der Waals surface area (Å²) in [5, 5.41) is 9.05. The van der Waals surface area contributed by atoms with E-state index in [1.807, 2.05) is 0 Å². The molecule has 0 atom stereocenters. The number of nitrogens with zero attached hydrogens (tertiary/aromatic N) is 5. The molecule has 2 amide bonds. The zero-order valence-electron chi connectivity index (χ0n) is 20.1. The Hall–Kier alpha value is -4.01. The fraction of sp³-hybridized carbons (Fsp3) is 0.250. The number of fused-ring (bicyclic) bond motifs is 1. The molecule has 0 spiro atoms. The zero-order chi connectivity index (χ0) is 27.7. The number of hydrogen-bond donors (Lipinski definition) is 3. The minimum atomic E-state index is -4.61. The van der Waals surface area contributed by atoms with E-state index in [1.165, 1.54) is 18.5 Å². The smallest absolute Gasteiger partial charge is 0.382 e. The van der Waals surface area contributed by atoms with Crippen molar-refractivity contribution in [1.29, 1.82) is 0 Å². The highest BCUT2D eigenvalue weighted by molar-refractivity contribution is 6.35. The third-order valence-corrected chi connectivity index (χ3v) is 6.50. The van der Waals surface area contributed by atoms with Crippen LogP contribution in [-0.2, 0) is 17.5 Å². The summed E-state index contributed by atoms with van der Waals surface area (Å²) in [5.41, 5.74) is 6.77. The van der Waals surface area contributed by atoms with Crippen molar-refractivity contribution in [3.63, 3.8) is 0 Å². The SMILES string of the molecule is Nc1ncnn2c(CN3CCOCC3)c(Cl)c(-c3ccc(NC(=O)Nc4cc(C(F)(F)F)ccn4)c(F)c3)c12. The summed E-state index contributed by atoms with van der Waals surface area (Å²) < 4.78 is 60.8. The number of alkyl halides is 3. The van der Waals surface area contributed by atoms with Gasteiger partial charge in [-0.3, -0.25) is 10.2 Å². The monoisotopic (exact) mass is 564 g/mol. The van der Waals surface area contributed by atoms with Gasteiger partial charge in [0, 0.05) is 31.4 Å². The van der Waals surface area contributed by atoms with E-state index in [4.69, 9.17) is 22.1 Å². The van der Waals surface area contributed by atoms with Gasteiger partial charge in [0.15, 0.2) is 5.82 Å². The maximum Gasteiger partial charge on any atom is 0.416 e. The number of amides is 2. The first-order valence-electron chi connectivity index (χ1n) is 11.6. The van der Waals surface area contributed by atoms with Crippen molar-refractivity contribution in [2.24, 2.45) is 0 Å². The lowest BCUT2D eigenvalue weighted by atomic mass is 10.1. The summed E-state index contributed by atoms with van der Waals surface area (Å²) in [4.78, 5) is 22.2. The Morgan fingerprint density at radius 2 is 1.90 bits per heavy atom. The van der Waals surface area contributed by atoms with Gasteiger partial charge in [-0.05, 0) is 29.8 Å². The number of hydrogen-bond acceptors (Lipinski definition) is 7. The maximum absolute atomic E-state index is 15.1. The zero-order valence-corrected chi connectivity index (χ0v) is 20.9. The van der Waals surface area contributed by atoms with E-state index in [1.54, 1.807) is 4.52 Å². The first kappa shape index (κ1) is 26.6. The molecule has 0 bridgehead atoms. The molecule has 1 aliphatic rings. The summed E-state index contributed by atoms with van der Waals surface area (Å²) in [7, 11) is 0. The van der Waals surface area contributed by atoms with E-state index >= 15 is 4.39 Å². The Kier molecular flexibility index (Phi) is 7.25. The van der Waals surface area contributed by atoms with Gasteiger partial charge in [0.2, 0.25) is 0 Å². The van der Waals surface area contributed by atoms with E-state index in [9.17, 15) is 18.0 Å². The number of benzene rings is 1. The summed E-state index contributed by atoms with van der Waals surface area (Å²) in [6, 6.07) is 4.43. The topological polar surface area (TPSA) is 123 Å². The summed E-state index contributed by atoms with van der Waals surface area (Å²) in [6.45, 7) is 3.02. The molecule has 4 N–H and O–H groups in total. The van der Waals surface area contributed by atoms with Crippen LogP contribution in [0.2, 0.25) is 5.02 Å². The highest BCUT2D eigenvalue weighted by Gasteiger charge is 2.31. The molecule has 10 nitrogen and oxygen atoms in total. The van der Waals surface area contributed by atoms with Gasteiger partial charge in [-0.25, -0.2) is 23.7 Å². The van der Waals surface area contributed by atoms with Crippen LogP contribution in [0.3, 0.4) is 0 Å². The third kappa shape index (κ3) is 5.57. The molecular weight excluding hydrogens is 544 g/mol. The lowest BCUT2D eigenvalue weighted by Crippen LogP contribution is -2.36. The van der Waals surface area contributed by atoms with E-state index in [0.29, 0.717) is 66.3 Å². The van der Waals surface area contributed by atoms with Gasteiger partial charge in [-0.2, -0.15) is 18.3 Å². The molecule has 0 aliphatic carbocycles. The average Bonchev–Trinajstić information content (AvgIpc) is 3.18. The number of carbonyl (C=O) groups is 1. The number of aromatic nitrogens is 4. The highest BCUT2D eigenvalue weighted by Crippen LogP contribution is 2.40. The number of rotatable bonds is 5. The molecule has 0 radical (unpaired) electrons. The molecule has 1 fully saturated rings. The van der Waals surface area contributed by atoms with Crippen molar-refractivity contribution < 1.29 is 27.1 Å². The standard InChI is InChI=1S/C24H21ClF4N8O2/c25-20-17(11-36-5-7-39-8-6-36)37-21(22(30)32-12-33-37)19(20)13-1-2-16(15(26)9-13)34-23(38)35-18-10-14(3-4-31-18)24(27,28)29/h1-4,9-10,12H,5-8,11H2,(H2,30,32,33)(H2,31,34,35,38). The van der Waals surface area contributed by atoms with Crippen LogP contribution in [0.5, 0.6) is 0 Å². The average molecular weight is 565 g/mol. The van der Waals surface area contributed by atoms with Crippen LogP contribution in [0.25, 0.3) is 16.6 Å². The van der Waals surface area contributed by atoms with E-state index < -0.39 is 23.6 Å². The first-order valence-corrected chi connectivity index (χ1v) is 12.0. The van der Waals surface area contributed by atoms with Crippen LogP contribution in [0.15, 0.2) is 42.9 Å². The van der Waals surface area contributed by atoms with Gasteiger partial charge in [0.25, 0.3) is 0 Å². The second-order valence-corrected chi connectivity index (χ2v) is 9.01. The van der Waals surface area contributed by atoms with Crippen molar-refractivity contribution in [3.05, 3.63) is 65.0 Å². The second kappa shape index (κ2) is 10.6. The van der Waals surface area contributed by atoms with Crippen molar-refractivity contribution in [2.45, 2.75) is 12.7 Å². The molecule has 1 aliphatic heterocycles. The third-order valence-electron chi connectivity index (χ3n) is 6.10. The lowest BCUT2D eigenvalue weighted by Gasteiger charge is -2.26. The molecule has 1 saturated heterocycles. The van der Waals surface area contributed by atoms with Crippen LogP contribution in [0.4, 0.5) is 39.7 Å². The highest BCUT2D eigenvalue weighted by atomic mass is 35.5. The molecule has 4 aromatic rings. The number of nitrogen functional groups attached to an aromatic ring is 1. The lowest BCUT2D eigenvalue weighted by molar-refractivity contribution is -0.137. The fourth-order valence-electron chi connectivity index (χ4n) is 4.23. The van der Waals surface area contributed by atoms with Gasteiger partial charge >= 0.3 is 12.2 Å². The van der Waals surface area contributed by atoms with Gasteiger partial charge in [0.05, 0.1) is 35.2 Å². The minimum absolute atomic E-state index is 0.144. The number of urea groups is 1. The Bertz CT molecular complexity index is 1540. The quantitative estimate of drug-likeness (QED) is 0.301. The fourth-order valence-corrected chi connectivity index (χ4v) is 4.57. The predicted molar refractivity (Wildman–Crippen MR) is 136 cm³/mol. The van der Waals surface area contributed by atoms with Crippen molar-refractivity contribution >= 4 is 40.5 Å². The molecule has 5 rings (SSSR count). The van der Waals surface area contributed by atoms with Crippen LogP contribution < -0.4 is 16.4 Å². The molecule has 0 unspecified atom stereocenters. The van der Waals surface area contributed by atoms with Gasteiger partial charge in [-0.15, -0.1) is 0 Å². The Labute approximate surface area is 223 Å². The summed E-state index contributed by atoms with van der Waals surface area (Å²) in [6.07, 6.45) is -2.40. The van der Waals surface area contributed by atoms with Crippen molar-refractivity contribution in [2.75, 3.05) is 42.7 Å². The minimum Gasteiger partial charge on any atom is -0.382 e. The maximum atomic E-state index is 15.1. The van der Waals surface area contributed by atoms with E-state index in [-0.39, 0.29) is 17.3 Å². The van der Waals surface area contributed by atoms with Crippen molar-refractivity contribution in [1.82, 2.24) is 24.5 Å². The Balaban J connectivity index is 1.41. The van der Waals surface area contributed by atoms with E-state index in [0.717, 1.165) is 18.3 Å². The number of morpholine rings is 1. The molecular formula is C24H21ClF4N8O2. The molecule has 39 heavy (non-hydrogen) atoms. The normalized spacial score (nSPS) is 14.5. The molecule has 204 valence electrons. The number of halogens is 5. The van der Waals surface area contributed by atoms with Crippen LogP contribution in [0, 0.1) is 5.82 Å². The van der Waals surface area contributed by atoms with Crippen molar-refractivity contribution in [3.8, 4) is 11.1 Å². The first-order chi connectivity index (χ1) is 18.6. The summed E-state index contributed by atoms with van der Waals surface area (Å²) in [5.74, 6) is -1.03. The van der Waals surface area contributed by atoms with Crippen LogP contribution >= 0.6 is 11.6 Å². The van der Waals surface area contributed by atoms with Crippen LogP contribution in [0.1, 0.15) is 11.3 Å². The Morgan fingerprint density at radius 3 is 2.62 bits per heavy atom. The summed E-state index contributed by atoms with van der Waals surface area (Å²) >= 11 is 6.80. The number of carbonyl (C=O) groups excluding carboxylic acids is 1. The van der Waals surface area contributed by atoms with Crippen LogP contribution in [-0.4, -0.2) is 56.8 Å². The number of ether oxygens (including phenoxy) is 1. The number of nitrogens with one attached hydrogen (secondary N) is 2. The number of pyridine rings is 1. The van der Waals surface area contributed by atoms with Gasteiger partial charge in [-0.1, -0.05) is 17.7 Å². The van der Waals surface area contributed by atoms with Gasteiger partial charge in [0.1, 0.15) is 23.5 Å². The predicted octanol–water partition coefficient (Wildman–Crippen LogP) is 4.66. The molecule has 0 saturated carbocycles. The Morgan fingerprint density at radius 1 is 1.13 bits per heavy atom. The molecule has 4 heterocycles. The van der Waals surface area contributed by atoms with E-state index in [2.05, 4.69) is 30.6 Å². The second-order valence-electron chi connectivity index (χ2n) is 8.63. The number of nitrogens with two attached hydrogens (primary N) is 1. The molecule has 3 aromatic heterocycles. The largest absolute Gasteiger partial charge is 0.416 e.